The lowest BCUT2D eigenvalue weighted by atomic mass is 9.99. The van der Waals surface area contributed by atoms with Crippen LogP contribution in [-0.2, 0) is 0 Å². The molecule has 3 rings (SSSR count). The molecule has 0 radical (unpaired) electrons. The Hall–Kier alpha value is -3.30. The van der Waals surface area contributed by atoms with Crippen LogP contribution in [0.5, 0.6) is 11.5 Å². The summed E-state index contributed by atoms with van der Waals surface area (Å²) in [7, 11) is 5.53. The van der Waals surface area contributed by atoms with Crippen LogP contribution >= 0.6 is 0 Å². The summed E-state index contributed by atoms with van der Waals surface area (Å²) < 4.78 is 11.4. The Bertz CT molecular complexity index is 995. The van der Waals surface area contributed by atoms with Crippen LogP contribution in [0.4, 0.5) is 16.2 Å². The number of amides is 3. The smallest absolute Gasteiger partial charge is 0.323 e. The number of carbonyl (C=O) groups excluding carboxylic acids is 2. The van der Waals surface area contributed by atoms with Gasteiger partial charge in [0.2, 0.25) is 0 Å². The van der Waals surface area contributed by atoms with Crippen LogP contribution in [0.2, 0.25) is 0 Å². The van der Waals surface area contributed by atoms with Crippen molar-refractivity contribution in [3.63, 3.8) is 0 Å². The third-order valence-electron chi connectivity index (χ3n) is 5.82. The van der Waals surface area contributed by atoms with Crippen molar-refractivity contribution in [3.8, 4) is 11.5 Å². The van der Waals surface area contributed by atoms with E-state index in [0.29, 0.717) is 41.5 Å². The van der Waals surface area contributed by atoms with Crippen molar-refractivity contribution in [3.05, 3.63) is 48.0 Å². The highest BCUT2D eigenvalue weighted by Gasteiger charge is 2.33. The van der Waals surface area contributed by atoms with Gasteiger partial charge in [0.05, 0.1) is 25.3 Å². The number of fused-ring (bicyclic) bond motifs is 1. The number of hydrogen-bond donors (Lipinski definition) is 3. The van der Waals surface area contributed by atoms with E-state index in [-0.39, 0.29) is 30.6 Å². The number of ether oxygens (including phenoxy) is 2. The molecule has 9 nitrogen and oxygen atoms in total. The molecule has 0 aromatic heterocycles. The van der Waals surface area contributed by atoms with Crippen molar-refractivity contribution in [2.75, 3.05) is 51.5 Å². The molecule has 3 atom stereocenters. The number of aliphatic hydroxyl groups is 1. The van der Waals surface area contributed by atoms with E-state index in [1.54, 1.807) is 54.5 Å². The summed E-state index contributed by atoms with van der Waals surface area (Å²) in [5.74, 6) is 0.960. The Labute approximate surface area is 200 Å². The van der Waals surface area contributed by atoms with E-state index in [2.05, 4.69) is 10.6 Å². The second-order valence-corrected chi connectivity index (χ2v) is 8.90. The Morgan fingerprint density at radius 3 is 2.47 bits per heavy atom. The molecule has 3 amide bonds. The quantitative estimate of drug-likeness (QED) is 0.575. The summed E-state index contributed by atoms with van der Waals surface area (Å²) >= 11 is 0. The van der Waals surface area contributed by atoms with Crippen LogP contribution in [-0.4, -0.2) is 79.9 Å². The Kier molecular flexibility index (Phi) is 8.36. The standard InChI is InChI=1S/C25H34N4O5/c1-16-13-29(17(2)15-30)24(31)21-12-19(8-11-22(21)34-23(16)14-28(3)4)27-25(32)26-18-6-9-20(33-5)10-7-18/h6-12,16-17,23,30H,13-15H2,1-5H3,(H2,26,27,32)/t16-,17+,23+/m1/s1. The first-order valence-corrected chi connectivity index (χ1v) is 11.3. The molecular weight excluding hydrogens is 436 g/mol. The fourth-order valence-electron chi connectivity index (χ4n) is 3.85. The largest absolute Gasteiger partial charge is 0.497 e. The van der Waals surface area contributed by atoms with Gasteiger partial charge in [0.1, 0.15) is 17.6 Å². The lowest BCUT2D eigenvalue weighted by Gasteiger charge is -2.37. The zero-order valence-electron chi connectivity index (χ0n) is 20.4. The van der Waals surface area contributed by atoms with Gasteiger partial charge in [-0.05, 0) is 63.5 Å². The molecule has 34 heavy (non-hydrogen) atoms. The zero-order chi connectivity index (χ0) is 24.8. The van der Waals surface area contributed by atoms with E-state index >= 15 is 0 Å². The molecule has 0 aliphatic carbocycles. The van der Waals surface area contributed by atoms with Crippen LogP contribution in [0.15, 0.2) is 42.5 Å². The van der Waals surface area contributed by atoms with E-state index < -0.39 is 6.03 Å². The van der Waals surface area contributed by atoms with Crippen molar-refractivity contribution in [2.45, 2.75) is 26.0 Å². The minimum absolute atomic E-state index is 0.0570. The third-order valence-corrected chi connectivity index (χ3v) is 5.82. The Balaban J connectivity index is 1.85. The highest BCUT2D eigenvalue weighted by Crippen LogP contribution is 2.30. The van der Waals surface area contributed by atoms with E-state index in [1.807, 2.05) is 32.8 Å². The van der Waals surface area contributed by atoms with Gasteiger partial charge in [-0.3, -0.25) is 4.79 Å². The van der Waals surface area contributed by atoms with Crippen molar-refractivity contribution in [1.82, 2.24) is 9.80 Å². The second kappa shape index (κ2) is 11.2. The van der Waals surface area contributed by atoms with Crippen molar-refractivity contribution < 1.29 is 24.2 Å². The van der Waals surface area contributed by atoms with Gasteiger partial charge in [0, 0.05) is 30.4 Å². The first-order valence-electron chi connectivity index (χ1n) is 11.3. The number of benzene rings is 2. The van der Waals surface area contributed by atoms with Crippen LogP contribution in [0.1, 0.15) is 24.2 Å². The van der Waals surface area contributed by atoms with E-state index in [4.69, 9.17) is 9.47 Å². The lowest BCUT2D eigenvalue weighted by molar-refractivity contribution is 0.0363. The molecule has 184 valence electrons. The molecule has 1 aliphatic heterocycles. The van der Waals surface area contributed by atoms with E-state index in [0.717, 1.165) is 0 Å². The zero-order valence-corrected chi connectivity index (χ0v) is 20.4. The van der Waals surface area contributed by atoms with Gasteiger partial charge in [-0.25, -0.2) is 4.79 Å². The second-order valence-electron chi connectivity index (χ2n) is 8.90. The summed E-state index contributed by atoms with van der Waals surface area (Å²) in [4.78, 5) is 29.7. The molecule has 3 N–H and O–H groups in total. The Morgan fingerprint density at radius 2 is 1.85 bits per heavy atom. The molecule has 2 aromatic carbocycles. The number of likely N-dealkylation sites (N-methyl/N-ethyl adjacent to an activating group) is 1. The van der Waals surface area contributed by atoms with Crippen molar-refractivity contribution in [2.24, 2.45) is 5.92 Å². The van der Waals surface area contributed by atoms with Gasteiger partial charge in [-0.2, -0.15) is 0 Å². The van der Waals surface area contributed by atoms with E-state index in [1.165, 1.54) is 0 Å². The maximum Gasteiger partial charge on any atom is 0.323 e. The number of nitrogens with one attached hydrogen (secondary N) is 2. The maximum atomic E-state index is 13.4. The average Bonchev–Trinajstić information content (AvgIpc) is 2.81. The van der Waals surface area contributed by atoms with Gasteiger partial charge in [-0.1, -0.05) is 6.92 Å². The molecule has 0 saturated carbocycles. The van der Waals surface area contributed by atoms with Crippen molar-refractivity contribution >= 4 is 23.3 Å². The van der Waals surface area contributed by atoms with Crippen LogP contribution < -0.4 is 20.1 Å². The molecule has 0 unspecified atom stereocenters. The predicted molar refractivity (Wildman–Crippen MR) is 132 cm³/mol. The topological polar surface area (TPSA) is 103 Å². The number of hydrogen-bond acceptors (Lipinski definition) is 6. The Morgan fingerprint density at radius 1 is 1.21 bits per heavy atom. The average molecular weight is 471 g/mol. The summed E-state index contributed by atoms with van der Waals surface area (Å²) in [6.07, 6.45) is -0.146. The van der Waals surface area contributed by atoms with Crippen molar-refractivity contribution in [1.29, 1.82) is 0 Å². The number of carbonyl (C=O) groups is 2. The first kappa shape index (κ1) is 25.3. The first-order chi connectivity index (χ1) is 16.2. The monoisotopic (exact) mass is 470 g/mol. The molecule has 2 aromatic rings. The van der Waals surface area contributed by atoms with Gasteiger partial charge < -0.3 is 35.0 Å². The number of aliphatic hydroxyl groups excluding tert-OH is 1. The van der Waals surface area contributed by atoms with Crippen LogP contribution in [0.25, 0.3) is 0 Å². The molecule has 0 bridgehead atoms. The number of methoxy groups -OCH3 is 1. The molecule has 1 aliphatic rings. The molecule has 0 fully saturated rings. The molecule has 0 spiro atoms. The molecular formula is C25H34N4O5. The normalized spacial score (nSPS) is 18.9. The SMILES string of the molecule is COc1ccc(NC(=O)Nc2ccc3c(c2)C(=O)N([C@@H](C)CO)C[C@@H](C)[C@H](CN(C)C)O3)cc1. The minimum Gasteiger partial charge on any atom is -0.497 e. The molecule has 0 saturated heterocycles. The highest BCUT2D eigenvalue weighted by atomic mass is 16.5. The maximum absolute atomic E-state index is 13.4. The van der Waals surface area contributed by atoms with Gasteiger partial charge >= 0.3 is 6.03 Å². The number of nitrogens with zero attached hydrogens (tertiary/aromatic N) is 2. The lowest BCUT2D eigenvalue weighted by Crippen LogP contribution is -2.49. The van der Waals surface area contributed by atoms with Crippen LogP contribution in [0, 0.1) is 5.92 Å². The van der Waals surface area contributed by atoms with Crippen LogP contribution in [0.3, 0.4) is 0 Å². The predicted octanol–water partition coefficient (Wildman–Crippen LogP) is 3.12. The number of rotatable bonds is 7. The number of urea groups is 1. The molecule has 1 heterocycles. The van der Waals surface area contributed by atoms with Gasteiger partial charge in [-0.15, -0.1) is 0 Å². The van der Waals surface area contributed by atoms with E-state index in [9.17, 15) is 14.7 Å². The number of anilines is 2. The fraction of sp³-hybridized carbons (Fsp3) is 0.440. The minimum atomic E-state index is -0.441. The van der Waals surface area contributed by atoms with Gasteiger partial charge in [0.15, 0.2) is 0 Å². The molecule has 9 heteroatoms. The fourth-order valence-corrected chi connectivity index (χ4v) is 3.85. The highest BCUT2D eigenvalue weighted by molar-refractivity contribution is 6.02. The summed E-state index contributed by atoms with van der Waals surface area (Å²) in [6.45, 7) is 4.85. The summed E-state index contributed by atoms with van der Waals surface area (Å²) in [5, 5.41) is 15.3. The summed E-state index contributed by atoms with van der Waals surface area (Å²) in [6, 6.07) is 11.2. The summed E-state index contributed by atoms with van der Waals surface area (Å²) in [5.41, 5.74) is 1.40. The van der Waals surface area contributed by atoms with Gasteiger partial charge in [0.25, 0.3) is 5.91 Å². The third kappa shape index (κ3) is 6.18.